The fourth-order valence-corrected chi connectivity index (χ4v) is 1.55. The van der Waals surface area contributed by atoms with E-state index in [-0.39, 0.29) is 0 Å². The number of benzene rings is 1. The average molecular weight is 237 g/mol. The first kappa shape index (κ1) is 13.8. The smallest absolute Gasteiger partial charge is 0.123 e. The minimum atomic E-state index is 0.530. The molecule has 1 aromatic rings. The summed E-state index contributed by atoms with van der Waals surface area (Å²) < 4.78 is 11.1. The van der Waals surface area contributed by atoms with Crippen LogP contribution >= 0.6 is 0 Å². The molecular weight excluding hydrogens is 214 g/mol. The van der Waals surface area contributed by atoms with Gasteiger partial charge in [0.1, 0.15) is 18.1 Å². The lowest BCUT2D eigenvalue weighted by Gasteiger charge is -2.08. The second-order valence-electron chi connectivity index (χ2n) is 4.02. The van der Waals surface area contributed by atoms with Crippen LogP contribution in [0, 0.1) is 0 Å². The second-order valence-corrected chi connectivity index (χ2v) is 4.02. The van der Waals surface area contributed by atoms with Crippen LogP contribution < -0.4 is 15.2 Å². The van der Waals surface area contributed by atoms with Crippen molar-refractivity contribution in [1.82, 2.24) is 0 Å². The van der Waals surface area contributed by atoms with E-state index in [4.69, 9.17) is 15.2 Å². The predicted molar refractivity (Wildman–Crippen MR) is 70.6 cm³/mol. The molecule has 17 heavy (non-hydrogen) atoms. The molecule has 0 aliphatic rings. The van der Waals surface area contributed by atoms with E-state index in [9.17, 15) is 0 Å². The van der Waals surface area contributed by atoms with Crippen LogP contribution in [0.4, 0.5) is 0 Å². The summed E-state index contributed by atoms with van der Waals surface area (Å²) in [6.45, 7) is 4.06. The van der Waals surface area contributed by atoms with Gasteiger partial charge < -0.3 is 15.2 Å². The van der Waals surface area contributed by atoms with Crippen LogP contribution in [0.25, 0.3) is 0 Å². The van der Waals surface area contributed by atoms with Crippen LogP contribution in [-0.4, -0.2) is 19.8 Å². The van der Waals surface area contributed by atoms with Gasteiger partial charge >= 0.3 is 0 Å². The number of nitrogens with two attached hydrogens (primary N) is 1. The minimum Gasteiger partial charge on any atom is -0.493 e. The zero-order valence-corrected chi connectivity index (χ0v) is 10.7. The van der Waals surface area contributed by atoms with Crippen LogP contribution in [0.15, 0.2) is 24.3 Å². The van der Waals surface area contributed by atoms with E-state index in [1.807, 2.05) is 24.3 Å². The van der Waals surface area contributed by atoms with Gasteiger partial charge in [-0.25, -0.2) is 0 Å². The van der Waals surface area contributed by atoms with E-state index in [1.165, 1.54) is 19.3 Å². The lowest BCUT2D eigenvalue weighted by molar-refractivity contribution is 0.297. The zero-order chi connectivity index (χ0) is 12.3. The Morgan fingerprint density at radius 3 is 2.35 bits per heavy atom. The Balaban J connectivity index is 2.27. The van der Waals surface area contributed by atoms with Crippen molar-refractivity contribution in [1.29, 1.82) is 0 Å². The predicted octanol–water partition coefficient (Wildman–Crippen LogP) is 2.98. The molecule has 0 aliphatic heterocycles. The van der Waals surface area contributed by atoms with Crippen LogP contribution in [0.1, 0.15) is 32.6 Å². The molecule has 0 saturated heterocycles. The van der Waals surface area contributed by atoms with Gasteiger partial charge in [-0.15, -0.1) is 0 Å². The summed E-state index contributed by atoms with van der Waals surface area (Å²) in [5.74, 6) is 1.69. The third kappa shape index (κ3) is 6.17. The fraction of sp³-hybridized carbons (Fsp3) is 0.571. The summed E-state index contributed by atoms with van der Waals surface area (Å²) in [5, 5.41) is 0. The molecule has 0 spiro atoms. The number of hydrogen-bond donors (Lipinski definition) is 1. The van der Waals surface area contributed by atoms with Crippen molar-refractivity contribution in [3.8, 4) is 11.5 Å². The van der Waals surface area contributed by atoms with Crippen LogP contribution in [0.3, 0.4) is 0 Å². The lowest BCUT2D eigenvalue weighted by atomic mass is 10.2. The van der Waals surface area contributed by atoms with E-state index in [1.54, 1.807) is 0 Å². The summed E-state index contributed by atoms with van der Waals surface area (Å²) in [4.78, 5) is 0. The van der Waals surface area contributed by atoms with Gasteiger partial charge in [0.2, 0.25) is 0 Å². The van der Waals surface area contributed by atoms with E-state index < -0.39 is 0 Å². The zero-order valence-electron chi connectivity index (χ0n) is 10.7. The Hall–Kier alpha value is -1.22. The van der Waals surface area contributed by atoms with Crippen molar-refractivity contribution >= 4 is 0 Å². The van der Waals surface area contributed by atoms with Crippen molar-refractivity contribution in [2.45, 2.75) is 32.6 Å². The van der Waals surface area contributed by atoms with E-state index >= 15 is 0 Å². The Bertz CT molecular complexity index is 302. The van der Waals surface area contributed by atoms with Gasteiger partial charge in [0, 0.05) is 12.6 Å². The van der Waals surface area contributed by atoms with Gasteiger partial charge in [0.05, 0.1) is 6.61 Å². The summed E-state index contributed by atoms with van der Waals surface area (Å²) >= 11 is 0. The van der Waals surface area contributed by atoms with Gasteiger partial charge in [-0.2, -0.15) is 0 Å². The first-order chi connectivity index (χ1) is 8.36. The Labute approximate surface area is 104 Å². The normalized spacial score (nSPS) is 10.2. The highest BCUT2D eigenvalue weighted by Crippen LogP contribution is 2.19. The van der Waals surface area contributed by atoms with Crippen LogP contribution in [-0.2, 0) is 0 Å². The third-order valence-electron chi connectivity index (χ3n) is 2.46. The molecule has 0 fully saturated rings. The minimum absolute atomic E-state index is 0.530. The fourth-order valence-electron chi connectivity index (χ4n) is 1.55. The van der Waals surface area contributed by atoms with Gasteiger partial charge in [0.15, 0.2) is 0 Å². The third-order valence-corrected chi connectivity index (χ3v) is 2.46. The first-order valence-corrected chi connectivity index (χ1v) is 6.42. The molecule has 0 saturated carbocycles. The highest BCUT2D eigenvalue weighted by Gasteiger charge is 1.97. The topological polar surface area (TPSA) is 44.5 Å². The number of unbranched alkanes of at least 4 members (excludes halogenated alkanes) is 3. The molecule has 3 heteroatoms. The first-order valence-electron chi connectivity index (χ1n) is 6.42. The molecule has 0 radical (unpaired) electrons. The van der Waals surface area contributed by atoms with Crippen molar-refractivity contribution in [3.05, 3.63) is 24.3 Å². The molecule has 1 aromatic carbocycles. The molecule has 96 valence electrons. The molecule has 2 N–H and O–H groups in total. The summed E-state index contributed by atoms with van der Waals surface area (Å²) in [5.41, 5.74) is 5.38. The van der Waals surface area contributed by atoms with Crippen LogP contribution in [0.5, 0.6) is 11.5 Å². The Morgan fingerprint density at radius 1 is 1.00 bits per heavy atom. The highest BCUT2D eigenvalue weighted by molar-refractivity contribution is 5.32. The summed E-state index contributed by atoms with van der Waals surface area (Å²) in [6, 6.07) is 7.72. The van der Waals surface area contributed by atoms with Crippen LogP contribution in [0.2, 0.25) is 0 Å². The molecule has 0 amide bonds. The SMILES string of the molecule is CCCCCCOc1cccc(OCCN)c1. The highest BCUT2D eigenvalue weighted by atomic mass is 16.5. The van der Waals surface area contributed by atoms with Crippen molar-refractivity contribution in [2.24, 2.45) is 5.73 Å². The number of rotatable bonds is 9. The summed E-state index contributed by atoms with van der Waals surface area (Å²) in [7, 11) is 0. The molecule has 0 aliphatic carbocycles. The lowest BCUT2D eigenvalue weighted by Crippen LogP contribution is -2.10. The van der Waals surface area contributed by atoms with Crippen molar-refractivity contribution < 1.29 is 9.47 Å². The largest absolute Gasteiger partial charge is 0.493 e. The average Bonchev–Trinajstić information content (AvgIpc) is 2.37. The number of ether oxygens (including phenoxy) is 2. The van der Waals surface area contributed by atoms with Crippen molar-refractivity contribution in [2.75, 3.05) is 19.8 Å². The molecular formula is C14H23NO2. The van der Waals surface area contributed by atoms with E-state index in [2.05, 4.69) is 6.92 Å². The molecule has 0 bridgehead atoms. The van der Waals surface area contributed by atoms with Crippen molar-refractivity contribution in [3.63, 3.8) is 0 Å². The molecule has 0 unspecified atom stereocenters. The Morgan fingerprint density at radius 2 is 1.71 bits per heavy atom. The summed E-state index contributed by atoms with van der Waals surface area (Å²) in [6.07, 6.45) is 4.88. The Kier molecular flexibility index (Phi) is 7.23. The maximum absolute atomic E-state index is 5.66. The van der Waals surface area contributed by atoms with Gasteiger partial charge in [-0.3, -0.25) is 0 Å². The monoisotopic (exact) mass is 237 g/mol. The maximum Gasteiger partial charge on any atom is 0.123 e. The quantitative estimate of drug-likeness (QED) is 0.671. The van der Waals surface area contributed by atoms with E-state index in [0.717, 1.165) is 24.5 Å². The van der Waals surface area contributed by atoms with E-state index in [0.29, 0.717) is 13.2 Å². The maximum atomic E-state index is 5.66. The molecule has 0 heterocycles. The number of hydrogen-bond acceptors (Lipinski definition) is 3. The van der Waals surface area contributed by atoms with Gasteiger partial charge in [0.25, 0.3) is 0 Å². The molecule has 3 nitrogen and oxygen atoms in total. The molecule has 1 rings (SSSR count). The second kappa shape index (κ2) is 8.88. The molecule has 0 atom stereocenters. The standard InChI is InChI=1S/C14H23NO2/c1-2-3-4-5-10-16-13-7-6-8-14(12-13)17-11-9-15/h6-8,12H,2-5,9-11,15H2,1H3. The van der Waals surface area contributed by atoms with Gasteiger partial charge in [-0.1, -0.05) is 32.3 Å². The molecule has 0 aromatic heterocycles. The van der Waals surface area contributed by atoms with Gasteiger partial charge in [-0.05, 0) is 18.6 Å².